The van der Waals surface area contributed by atoms with Gasteiger partial charge in [0.1, 0.15) is 5.75 Å². The van der Waals surface area contributed by atoms with E-state index in [1.54, 1.807) is 31.4 Å². The smallest absolute Gasteiger partial charge is 0.258 e. The van der Waals surface area contributed by atoms with Crippen LogP contribution in [-0.2, 0) is 17.8 Å². The zero-order valence-corrected chi connectivity index (χ0v) is 16.8. The Balaban J connectivity index is 1.76. The minimum absolute atomic E-state index is 0.0157. The number of hydrogen-bond acceptors (Lipinski definition) is 3. The van der Waals surface area contributed by atoms with Crippen molar-refractivity contribution in [3.05, 3.63) is 59.2 Å². The number of rotatable bonds is 7. The first-order chi connectivity index (χ1) is 13.5. The molecule has 1 unspecified atom stereocenters. The van der Waals surface area contributed by atoms with Crippen molar-refractivity contribution in [3.63, 3.8) is 0 Å². The van der Waals surface area contributed by atoms with E-state index in [1.807, 2.05) is 17.0 Å². The van der Waals surface area contributed by atoms with Gasteiger partial charge in [-0.25, -0.2) is 0 Å². The molecule has 0 radical (unpaired) electrons. The summed E-state index contributed by atoms with van der Waals surface area (Å²) in [6.45, 7) is 4.62. The van der Waals surface area contributed by atoms with Crippen molar-refractivity contribution in [1.82, 2.24) is 5.32 Å². The van der Waals surface area contributed by atoms with Crippen LogP contribution in [-0.4, -0.2) is 25.0 Å². The highest BCUT2D eigenvalue weighted by molar-refractivity contribution is 6.07. The minimum Gasteiger partial charge on any atom is -0.497 e. The van der Waals surface area contributed by atoms with Crippen LogP contribution in [0, 0.1) is 0 Å². The average Bonchev–Trinajstić information content (AvgIpc) is 3.05. The summed E-state index contributed by atoms with van der Waals surface area (Å²) in [5, 5.41) is 2.97. The fraction of sp³-hybridized carbons (Fsp3) is 0.391. The predicted molar refractivity (Wildman–Crippen MR) is 111 cm³/mol. The Kier molecular flexibility index (Phi) is 6.34. The Labute approximate surface area is 166 Å². The third-order valence-electron chi connectivity index (χ3n) is 5.17. The second-order valence-electron chi connectivity index (χ2n) is 7.30. The van der Waals surface area contributed by atoms with Gasteiger partial charge in [0.2, 0.25) is 5.91 Å². The lowest BCUT2D eigenvalue weighted by Crippen LogP contribution is -2.35. The van der Waals surface area contributed by atoms with E-state index in [4.69, 9.17) is 4.74 Å². The summed E-state index contributed by atoms with van der Waals surface area (Å²) >= 11 is 0. The van der Waals surface area contributed by atoms with Gasteiger partial charge >= 0.3 is 0 Å². The molecule has 0 spiro atoms. The molecule has 0 saturated carbocycles. The maximum atomic E-state index is 13.1. The number of nitrogens with zero attached hydrogens (tertiary/aromatic N) is 1. The quantitative estimate of drug-likeness (QED) is 0.787. The van der Waals surface area contributed by atoms with Crippen LogP contribution in [0.5, 0.6) is 5.75 Å². The Morgan fingerprint density at radius 1 is 1.18 bits per heavy atom. The molecule has 0 bridgehead atoms. The van der Waals surface area contributed by atoms with E-state index in [0.717, 1.165) is 41.8 Å². The number of methoxy groups -OCH3 is 1. The second kappa shape index (κ2) is 8.91. The number of hydrogen-bond donors (Lipinski definition) is 1. The standard InChI is InChI=1S/C23H28N2O3/c1-4-5-6-22(26)24-15-17-7-8-19-13-16(2)25(21(19)14-17)23(27)18-9-11-20(28-3)12-10-18/h7-12,14,16H,4-6,13,15H2,1-3H3,(H,24,26). The number of nitrogens with one attached hydrogen (secondary N) is 1. The molecule has 0 fully saturated rings. The molecular formula is C23H28N2O3. The summed E-state index contributed by atoms with van der Waals surface area (Å²) in [6, 6.07) is 13.4. The number of ether oxygens (including phenoxy) is 1. The van der Waals surface area contributed by atoms with Gasteiger partial charge in [0.25, 0.3) is 5.91 Å². The van der Waals surface area contributed by atoms with Crippen molar-refractivity contribution in [1.29, 1.82) is 0 Å². The first-order valence-corrected chi connectivity index (χ1v) is 9.89. The summed E-state index contributed by atoms with van der Waals surface area (Å²) in [6.07, 6.45) is 3.30. The Bertz CT molecular complexity index is 845. The van der Waals surface area contributed by atoms with Crippen LogP contribution in [0.15, 0.2) is 42.5 Å². The molecule has 2 amide bonds. The molecule has 2 aromatic rings. The molecule has 1 N–H and O–H groups in total. The second-order valence-corrected chi connectivity index (χ2v) is 7.30. The van der Waals surface area contributed by atoms with Crippen molar-refractivity contribution in [2.45, 2.75) is 52.1 Å². The van der Waals surface area contributed by atoms with E-state index >= 15 is 0 Å². The Hall–Kier alpha value is -2.82. The van der Waals surface area contributed by atoms with Gasteiger partial charge in [-0.1, -0.05) is 25.5 Å². The molecule has 1 heterocycles. The molecule has 1 atom stereocenters. The van der Waals surface area contributed by atoms with E-state index in [-0.39, 0.29) is 17.9 Å². The average molecular weight is 380 g/mol. The maximum absolute atomic E-state index is 13.1. The zero-order chi connectivity index (χ0) is 20.1. The van der Waals surface area contributed by atoms with Crippen LogP contribution >= 0.6 is 0 Å². The molecule has 0 aliphatic carbocycles. The summed E-state index contributed by atoms with van der Waals surface area (Å²) in [5.74, 6) is 0.785. The van der Waals surface area contributed by atoms with Gasteiger partial charge in [-0.05, 0) is 61.2 Å². The van der Waals surface area contributed by atoms with Gasteiger partial charge in [-0.3, -0.25) is 9.59 Å². The van der Waals surface area contributed by atoms with Crippen molar-refractivity contribution in [2.75, 3.05) is 12.0 Å². The van der Waals surface area contributed by atoms with Gasteiger partial charge in [0, 0.05) is 30.3 Å². The molecule has 1 aliphatic rings. The third kappa shape index (κ3) is 4.35. The van der Waals surface area contributed by atoms with Crippen LogP contribution in [0.3, 0.4) is 0 Å². The topological polar surface area (TPSA) is 58.6 Å². The Morgan fingerprint density at radius 3 is 2.61 bits per heavy atom. The van der Waals surface area contributed by atoms with Gasteiger partial charge < -0.3 is 15.0 Å². The van der Waals surface area contributed by atoms with Crippen molar-refractivity contribution < 1.29 is 14.3 Å². The third-order valence-corrected chi connectivity index (χ3v) is 5.17. The number of unbranched alkanes of at least 4 members (excludes halogenated alkanes) is 1. The lowest BCUT2D eigenvalue weighted by atomic mass is 10.1. The van der Waals surface area contributed by atoms with E-state index in [2.05, 4.69) is 25.2 Å². The highest BCUT2D eigenvalue weighted by Crippen LogP contribution is 2.34. The normalized spacial score (nSPS) is 15.2. The molecule has 2 aromatic carbocycles. The Morgan fingerprint density at radius 2 is 1.93 bits per heavy atom. The molecule has 0 saturated heterocycles. The van der Waals surface area contributed by atoms with E-state index < -0.39 is 0 Å². The van der Waals surface area contributed by atoms with Crippen molar-refractivity contribution in [3.8, 4) is 5.75 Å². The van der Waals surface area contributed by atoms with Crippen LogP contribution in [0.1, 0.15) is 54.6 Å². The fourth-order valence-corrected chi connectivity index (χ4v) is 3.57. The van der Waals surface area contributed by atoms with Gasteiger partial charge in [-0.15, -0.1) is 0 Å². The maximum Gasteiger partial charge on any atom is 0.258 e. The van der Waals surface area contributed by atoms with Gasteiger partial charge in [0.15, 0.2) is 0 Å². The van der Waals surface area contributed by atoms with E-state index in [1.165, 1.54) is 0 Å². The number of carbonyl (C=O) groups excluding carboxylic acids is 2. The molecular weight excluding hydrogens is 352 g/mol. The highest BCUT2D eigenvalue weighted by atomic mass is 16.5. The lowest BCUT2D eigenvalue weighted by Gasteiger charge is -2.23. The predicted octanol–water partition coefficient (Wildman–Crippen LogP) is 4.09. The molecule has 1 aliphatic heterocycles. The molecule has 148 valence electrons. The number of carbonyl (C=O) groups is 2. The van der Waals surface area contributed by atoms with Crippen LogP contribution < -0.4 is 15.0 Å². The zero-order valence-electron chi connectivity index (χ0n) is 16.8. The highest BCUT2D eigenvalue weighted by Gasteiger charge is 2.31. The first-order valence-electron chi connectivity index (χ1n) is 9.89. The molecule has 28 heavy (non-hydrogen) atoms. The number of fused-ring (bicyclic) bond motifs is 1. The van der Waals surface area contributed by atoms with E-state index in [9.17, 15) is 9.59 Å². The summed E-state index contributed by atoms with van der Waals surface area (Å²) in [4.78, 5) is 26.9. The summed E-state index contributed by atoms with van der Waals surface area (Å²) < 4.78 is 5.18. The fourth-order valence-electron chi connectivity index (χ4n) is 3.57. The SMILES string of the molecule is CCCCC(=O)NCc1ccc2c(c1)N(C(=O)c1ccc(OC)cc1)C(C)C2. The monoisotopic (exact) mass is 380 g/mol. The number of amides is 2. The van der Waals surface area contributed by atoms with Crippen molar-refractivity contribution in [2.24, 2.45) is 0 Å². The van der Waals surface area contributed by atoms with Crippen LogP contribution in [0.25, 0.3) is 0 Å². The van der Waals surface area contributed by atoms with Crippen LogP contribution in [0.4, 0.5) is 5.69 Å². The largest absolute Gasteiger partial charge is 0.497 e. The molecule has 5 heteroatoms. The summed E-state index contributed by atoms with van der Waals surface area (Å²) in [5.41, 5.74) is 3.74. The lowest BCUT2D eigenvalue weighted by molar-refractivity contribution is -0.121. The molecule has 0 aromatic heterocycles. The number of benzene rings is 2. The number of anilines is 1. The van der Waals surface area contributed by atoms with Gasteiger partial charge in [0.05, 0.1) is 7.11 Å². The summed E-state index contributed by atoms with van der Waals surface area (Å²) in [7, 11) is 1.61. The van der Waals surface area contributed by atoms with E-state index in [0.29, 0.717) is 18.5 Å². The van der Waals surface area contributed by atoms with Crippen molar-refractivity contribution >= 4 is 17.5 Å². The molecule has 3 rings (SSSR count). The van der Waals surface area contributed by atoms with Gasteiger partial charge in [-0.2, -0.15) is 0 Å². The minimum atomic E-state index is -0.0157. The van der Waals surface area contributed by atoms with Crippen LogP contribution in [0.2, 0.25) is 0 Å². The molecule has 5 nitrogen and oxygen atoms in total. The first kappa shape index (κ1) is 19.9.